The molecule has 1 N–H and O–H groups in total. The number of hydrogen-bond donors (Lipinski definition) is 1. The predicted molar refractivity (Wildman–Crippen MR) is 93.3 cm³/mol. The van der Waals surface area contributed by atoms with E-state index in [0.717, 1.165) is 0 Å². The molecule has 1 saturated heterocycles. The van der Waals surface area contributed by atoms with Crippen LogP contribution in [0.5, 0.6) is 0 Å². The second-order valence-electron chi connectivity index (χ2n) is 6.50. The van der Waals surface area contributed by atoms with Crippen molar-refractivity contribution in [1.82, 2.24) is 9.88 Å². The molecule has 1 atom stereocenters. The van der Waals surface area contributed by atoms with Gasteiger partial charge in [0.15, 0.2) is 11.8 Å². The third kappa shape index (κ3) is 3.85. The highest BCUT2D eigenvalue weighted by Crippen LogP contribution is 2.27. The lowest BCUT2D eigenvalue weighted by Gasteiger charge is -2.33. The van der Waals surface area contributed by atoms with Crippen molar-refractivity contribution in [2.75, 3.05) is 20.2 Å². The van der Waals surface area contributed by atoms with Gasteiger partial charge in [0.25, 0.3) is 5.91 Å². The number of likely N-dealkylation sites (tertiary alicyclic amines) is 1. The lowest BCUT2D eigenvalue weighted by atomic mass is 9.91. The summed E-state index contributed by atoms with van der Waals surface area (Å²) in [5.41, 5.74) is 0.333. The van der Waals surface area contributed by atoms with E-state index in [4.69, 9.17) is 4.42 Å². The van der Waals surface area contributed by atoms with Crippen molar-refractivity contribution in [2.45, 2.75) is 25.9 Å². The number of piperidine rings is 1. The zero-order chi connectivity index (χ0) is 19.6. The van der Waals surface area contributed by atoms with Gasteiger partial charge in [-0.1, -0.05) is 12.1 Å². The Kier molecular flexibility index (Phi) is 5.55. The molecule has 1 amide bonds. The third-order valence-electron chi connectivity index (χ3n) is 4.82. The molecule has 2 heterocycles. The normalized spacial score (nSPS) is 16.2. The minimum absolute atomic E-state index is 0.0601. The molecule has 1 aliphatic rings. The third-order valence-corrected chi connectivity index (χ3v) is 4.82. The van der Waals surface area contributed by atoms with Crippen molar-refractivity contribution in [3.05, 3.63) is 41.5 Å². The topological polar surface area (TPSA) is 92.9 Å². The summed E-state index contributed by atoms with van der Waals surface area (Å²) in [6, 6.07) is 6.06. The quantitative estimate of drug-likeness (QED) is 0.822. The van der Waals surface area contributed by atoms with E-state index in [9.17, 15) is 19.1 Å². The number of oxazole rings is 1. The maximum absolute atomic E-state index is 13.9. The number of ether oxygens (including phenoxy) is 1. The summed E-state index contributed by atoms with van der Waals surface area (Å²) in [6.45, 7) is 2.36. The largest absolute Gasteiger partial charge is 0.467 e. The van der Waals surface area contributed by atoms with Crippen LogP contribution in [0.25, 0.3) is 11.5 Å². The number of carbonyl (C=O) groups excluding carboxylic acids is 2. The maximum atomic E-state index is 13.9. The first kappa shape index (κ1) is 19.0. The number of esters is 1. The van der Waals surface area contributed by atoms with Gasteiger partial charge in [0.1, 0.15) is 11.6 Å². The van der Waals surface area contributed by atoms with Gasteiger partial charge in [0, 0.05) is 13.1 Å². The molecule has 3 rings (SSSR count). The first-order valence-electron chi connectivity index (χ1n) is 8.70. The number of halogens is 1. The van der Waals surface area contributed by atoms with Crippen LogP contribution >= 0.6 is 0 Å². The number of benzene rings is 1. The molecule has 2 aromatic rings. The Morgan fingerprint density at radius 2 is 2.00 bits per heavy atom. The number of carbonyl (C=O) groups is 2. The van der Waals surface area contributed by atoms with Gasteiger partial charge in [-0.15, -0.1) is 0 Å². The molecule has 0 radical (unpaired) electrons. The first-order valence-corrected chi connectivity index (χ1v) is 8.70. The minimum atomic E-state index is -1.19. The number of rotatable bonds is 4. The van der Waals surface area contributed by atoms with E-state index in [1.165, 1.54) is 19.2 Å². The monoisotopic (exact) mass is 376 g/mol. The lowest BCUT2D eigenvalue weighted by Crippen LogP contribution is -2.43. The van der Waals surface area contributed by atoms with Gasteiger partial charge in [0.05, 0.1) is 12.7 Å². The fourth-order valence-electron chi connectivity index (χ4n) is 3.23. The molecule has 7 nitrogen and oxygen atoms in total. The van der Waals surface area contributed by atoms with Crippen LogP contribution in [0.4, 0.5) is 4.39 Å². The van der Waals surface area contributed by atoms with Gasteiger partial charge >= 0.3 is 5.97 Å². The maximum Gasteiger partial charge on any atom is 0.334 e. The second-order valence-corrected chi connectivity index (χ2v) is 6.50. The number of nitrogens with zero attached hydrogens (tertiary/aromatic N) is 2. The Hall–Kier alpha value is -2.74. The molecule has 0 spiro atoms. The predicted octanol–water partition coefficient (Wildman–Crippen LogP) is 2.18. The number of aliphatic hydroxyl groups is 1. The van der Waals surface area contributed by atoms with Crippen molar-refractivity contribution in [3.8, 4) is 11.5 Å². The summed E-state index contributed by atoms with van der Waals surface area (Å²) in [5, 5.41) is 9.94. The molecule has 1 aliphatic heterocycles. The Balaban J connectivity index is 1.71. The molecule has 1 fully saturated rings. The van der Waals surface area contributed by atoms with Gasteiger partial charge < -0.3 is 19.2 Å². The molecule has 1 aromatic carbocycles. The van der Waals surface area contributed by atoms with Crippen LogP contribution in [0.3, 0.4) is 0 Å². The SMILES string of the molecule is COC(=O)C(O)C1CCN(C(=O)c2nc(-c3ccccc3F)oc2C)CC1. The van der Waals surface area contributed by atoms with Crippen LogP contribution < -0.4 is 0 Å². The highest BCUT2D eigenvalue weighted by atomic mass is 19.1. The summed E-state index contributed by atoms with van der Waals surface area (Å²) in [4.78, 5) is 30.0. The van der Waals surface area contributed by atoms with Gasteiger partial charge in [-0.2, -0.15) is 0 Å². The first-order chi connectivity index (χ1) is 12.9. The summed E-state index contributed by atoms with van der Waals surface area (Å²) in [7, 11) is 1.23. The van der Waals surface area contributed by atoms with Crippen molar-refractivity contribution in [1.29, 1.82) is 0 Å². The molecule has 27 heavy (non-hydrogen) atoms. The Bertz CT molecular complexity index is 842. The summed E-state index contributed by atoms with van der Waals surface area (Å²) < 4.78 is 24.0. The highest BCUT2D eigenvalue weighted by molar-refractivity contribution is 5.93. The standard InChI is InChI=1S/C19H21FN2O5/c1-11-15(21-17(27-11)13-5-3-4-6-14(13)20)18(24)22-9-7-12(8-10-22)16(23)19(25)26-2/h3-6,12,16,23H,7-10H2,1-2H3. The van der Waals surface area contributed by atoms with E-state index in [1.54, 1.807) is 24.0 Å². The van der Waals surface area contributed by atoms with Crippen molar-refractivity contribution in [2.24, 2.45) is 5.92 Å². The average Bonchev–Trinajstić information content (AvgIpc) is 3.08. The fraction of sp³-hybridized carbons (Fsp3) is 0.421. The highest BCUT2D eigenvalue weighted by Gasteiger charge is 2.33. The van der Waals surface area contributed by atoms with Crippen LogP contribution in [0.2, 0.25) is 0 Å². The van der Waals surface area contributed by atoms with E-state index in [1.807, 2.05) is 0 Å². The zero-order valence-corrected chi connectivity index (χ0v) is 15.1. The summed E-state index contributed by atoms with van der Waals surface area (Å²) in [5.74, 6) is -1.34. The van der Waals surface area contributed by atoms with Gasteiger partial charge in [0.2, 0.25) is 5.89 Å². The van der Waals surface area contributed by atoms with Crippen LogP contribution in [0, 0.1) is 18.7 Å². The van der Waals surface area contributed by atoms with E-state index < -0.39 is 17.9 Å². The van der Waals surface area contributed by atoms with Gasteiger partial charge in [-0.05, 0) is 37.8 Å². The molecular weight excluding hydrogens is 355 g/mol. The number of hydrogen-bond acceptors (Lipinski definition) is 6. The number of methoxy groups -OCH3 is 1. The van der Waals surface area contributed by atoms with Crippen LogP contribution in [-0.4, -0.2) is 53.2 Å². The Morgan fingerprint density at radius 1 is 1.33 bits per heavy atom. The smallest absolute Gasteiger partial charge is 0.334 e. The molecule has 0 saturated carbocycles. The second kappa shape index (κ2) is 7.87. The Morgan fingerprint density at radius 3 is 2.63 bits per heavy atom. The summed E-state index contributed by atoms with van der Waals surface area (Å²) >= 11 is 0. The number of aliphatic hydroxyl groups excluding tert-OH is 1. The van der Waals surface area contributed by atoms with E-state index >= 15 is 0 Å². The molecule has 144 valence electrons. The van der Waals surface area contributed by atoms with Crippen LogP contribution in [0.15, 0.2) is 28.7 Å². The van der Waals surface area contributed by atoms with Crippen molar-refractivity contribution in [3.63, 3.8) is 0 Å². The number of amides is 1. The number of aromatic nitrogens is 1. The molecular formula is C19H21FN2O5. The van der Waals surface area contributed by atoms with E-state index in [-0.39, 0.29) is 29.0 Å². The van der Waals surface area contributed by atoms with Crippen LogP contribution in [0.1, 0.15) is 29.1 Å². The van der Waals surface area contributed by atoms with E-state index in [0.29, 0.717) is 31.7 Å². The van der Waals surface area contributed by atoms with Crippen LogP contribution in [-0.2, 0) is 9.53 Å². The van der Waals surface area contributed by atoms with Crippen molar-refractivity contribution >= 4 is 11.9 Å². The molecule has 0 bridgehead atoms. The molecule has 0 aliphatic carbocycles. The van der Waals surface area contributed by atoms with E-state index in [2.05, 4.69) is 9.72 Å². The zero-order valence-electron chi connectivity index (χ0n) is 15.1. The number of aryl methyl sites for hydroxylation is 1. The molecule has 1 aromatic heterocycles. The van der Waals surface area contributed by atoms with Gasteiger partial charge in [-0.3, -0.25) is 4.79 Å². The minimum Gasteiger partial charge on any atom is -0.467 e. The summed E-state index contributed by atoms with van der Waals surface area (Å²) in [6.07, 6.45) is -0.244. The molecule has 1 unspecified atom stereocenters. The van der Waals surface area contributed by atoms with Crippen molar-refractivity contribution < 1.29 is 28.2 Å². The van der Waals surface area contributed by atoms with Gasteiger partial charge in [-0.25, -0.2) is 14.2 Å². The lowest BCUT2D eigenvalue weighted by molar-refractivity contribution is -0.154. The fourth-order valence-corrected chi connectivity index (χ4v) is 3.23. The Labute approximate surface area is 155 Å². The average molecular weight is 376 g/mol. The molecule has 8 heteroatoms.